The van der Waals surface area contributed by atoms with E-state index in [2.05, 4.69) is 13.8 Å². The Kier molecular flexibility index (Phi) is 10.4. The number of carboxylic acids is 1. The molecule has 2 saturated carbocycles. The molecule has 2 aliphatic rings. The molecule has 2 aliphatic carbocycles. The highest BCUT2D eigenvalue weighted by Gasteiger charge is 2.47. The summed E-state index contributed by atoms with van der Waals surface area (Å²) in [6, 6.07) is 0. The molecule has 6 nitrogen and oxygen atoms in total. The van der Waals surface area contributed by atoms with Gasteiger partial charge in [0.1, 0.15) is 18.4 Å². The largest absolute Gasteiger partial charge is 0.481 e. The Balaban J connectivity index is 2.11. The molecule has 0 aliphatic heterocycles. The third-order valence-electron chi connectivity index (χ3n) is 7.80. The number of fused-ring (bicyclic) bond motifs is 1. The number of carboxylic acid groups (broad SMARTS) is 1. The number of hydrogen-bond donors (Lipinski definition) is 1. The number of halogens is 1. The summed E-state index contributed by atoms with van der Waals surface area (Å²) in [4.78, 5) is 34.3. The van der Waals surface area contributed by atoms with Crippen LogP contribution >= 0.6 is 0 Å². The van der Waals surface area contributed by atoms with E-state index in [1.807, 2.05) is 13.8 Å². The van der Waals surface area contributed by atoms with Crippen LogP contribution in [0.3, 0.4) is 0 Å². The van der Waals surface area contributed by atoms with Gasteiger partial charge in [0.25, 0.3) is 6.47 Å². The lowest BCUT2D eigenvalue weighted by atomic mass is 9.58. The van der Waals surface area contributed by atoms with E-state index in [1.54, 1.807) is 0 Å². The monoisotopic (exact) mass is 456 g/mol. The number of ether oxygens (including phenoxy) is 2. The molecule has 0 aromatic carbocycles. The Morgan fingerprint density at radius 3 is 2.56 bits per heavy atom. The maximum Gasteiger partial charge on any atom is 0.308 e. The summed E-state index contributed by atoms with van der Waals surface area (Å²) in [5, 5.41) is 8.81. The molecule has 0 bridgehead atoms. The van der Waals surface area contributed by atoms with Crippen molar-refractivity contribution in [2.75, 3.05) is 0 Å². The standard InChI is InChI=1S/C25H41FO6/c1-5-16(3)25(30)32-22-11-15(2)10-18-7-6-17(4)21(24(18)22)9-8-20(31-14-27)12-19(26)13-23(28)29/h14-22,24H,5-13H2,1-4H3,(H,28,29)/t15-,16-,17-,18?,19-,20+,21-,22-,24?/m0/s1. The van der Waals surface area contributed by atoms with Gasteiger partial charge in [-0.2, -0.15) is 0 Å². The molecule has 0 saturated heterocycles. The fourth-order valence-electron chi connectivity index (χ4n) is 5.93. The molecule has 7 heteroatoms. The molecule has 184 valence electrons. The van der Waals surface area contributed by atoms with Gasteiger partial charge in [-0.15, -0.1) is 0 Å². The lowest BCUT2D eigenvalue weighted by Gasteiger charge is -2.50. The highest BCUT2D eigenvalue weighted by Crippen LogP contribution is 2.50. The summed E-state index contributed by atoms with van der Waals surface area (Å²) in [6.45, 7) is 8.66. The van der Waals surface area contributed by atoms with Gasteiger partial charge in [0, 0.05) is 12.3 Å². The summed E-state index contributed by atoms with van der Waals surface area (Å²) in [7, 11) is 0. The molecule has 0 amide bonds. The van der Waals surface area contributed by atoms with E-state index >= 15 is 0 Å². The van der Waals surface area contributed by atoms with Crippen LogP contribution in [0.2, 0.25) is 0 Å². The first-order valence-electron chi connectivity index (χ1n) is 12.3. The zero-order chi connectivity index (χ0) is 23.8. The van der Waals surface area contributed by atoms with E-state index in [4.69, 9.17) is 14.6 Å². The van der Waals surface area contributed by atoms with E-state index in [9.17, 15) is 18.8 Å². The van der Waals surface area contributed by atoms with Gasteiger partial charge in [0.2, 0.25) is 0 Å². The first-order chi connectivity index (χ1) is 15.2. The van der Waals surface area contributed by atoms with E-state index < -0.39 is 24.7 Å². The number of alkyl halides is 1. The van der Waals surface area contributed by atoms with Crippen LogP contribution in [0.4, 0.5) is 4.39 Å². The Morgan fingerprint density at radius 1 is 1.22 bits per heavy atom. The predicted molar refractivity (Wildman–Crippen MR) is 119 cm³/mol. The second-order valence-corrected chi connectivity index (χ2v) is 10.3. The minimum absolute atomic E-state index is 0.107. The number of esters is 1. The quantitative estimate of drug-likeness (QED) is 0.322. The van der Waals surface area contributed by atoms with Gasteiger partial charge in [-0.05, 0) is 62.2 Å². The zero-order valence-corrected chi connectivity index (χ0v) is 20.0. The molecule has 32 heavy (non-hydrogen) atoms. The molecule has 1 N–H and O–H groups in total. The van der Waals surface area contributed by atoms with Crippen molar-refractivity contribution in [2.45, 2.75) is 104 Å². The Hall–Kier alpha value is -1.66. The van der Waals surface area contributed by atoms with Gasteiger partial charge in [-0.3, -0.25) is 14.4 Å². The van der Waals surface area contributed by atoms with Crippen molar-refractivity contribution in [3.8, 4) is 0 Å². The van der Waals surface area contributed by atoms with Crippen LogP contribution in [0, 0.1) is 35.5 Å². The van der Waals surface area contributed by atoms with Gasteiger partial charge >= 0.3 is 11.9 Å². The molecule has 2 unspecified atom stereocenters. The predicted octanol–water partition coefficient (Wildman–Crippen LogP) is 5.18. The minimum atomic E-state index is -1.55. The summed E-state index contributed by atoms with van der Waals surface area (Å²) in [5.41, 5.74) is 0. The Bertz CT molecular complexity index is 626. The van der Waals surface area contributed by atoms with Gasteiger partial charge in [0.05, 0.1) is 12.3 Å². The molecule has 9 atom stereocenters. The number of carbonyl (C=O) groups excluding carboxylic acids is 2. The maximum absolute atomic E-state index is 14.1. The SMILES string of the molecule is CC[C@H](C)C(=O)O[C@H]1C[C@@H](C)CC2CC[C@H](C)[C@H](CC[C@H](C[C@H](F)CC(=O)O)OC=O)C21. The van der Waals surface area contributed by atoms with Crippen LogP contribution in [0.15, 0.2) is 0 Å². The highest BCUT2D eigenvalue weighted by molar-refractivity contribution is 5.72. The third-order valence-corrected chi connectivity index (χ3v) is 7.80. The molecule has 2 fully saturated rings. The minimum Gasteiger partial charge on any atom is -0.481 e. The average Bonchev–Trinajstić information content (AvgIpc) is 2.71. The van der Waals surface area contributed by atoms with Crippen LogP contribution in [0.5, 0.6) is 0 Å². The van der Waals surface area contributed by atoms with E-state index in [1.165, 1.54) is 0 Å². The third kappa shape index (κ3) is 7.45. The van der Waals surface area contributed by atoms with Crippen molar-refractivity contribution in [2.24, 2.45) is 35.5 Å². The van der Waals surface area contributed by atoms with Crippen molar-refractivity contribution in [1.29, 1.82) is 0 Å². The van der Waals surface area contributed by atoms with Gasteiger partial charge in [-0.1, -0.05) is 34.1 Å². The van der Waals surface area contributed by atoms with E-state index in [0.29, 0.717) is 36.6 Å². The summed E-state index contributed by atoms with van der Waals surface area (Å²) in [6.07, 6.45) is 3.22. The number of aliphatic carboxylic acids is 1. The van der Waals surface area contributed by atoms with Crippen LogP contribution in [-0.2, 0) is 23.9 Å². The summed E-state index contributed by atoms with van der Waals surface area (Å²) < 4.78 is 25.2. The fraction of sp³-hybridized carbons (Fsp3) is 0.880. The summed E-state index contributed by atoms with van der Waals surface area (Å²) in [5.74, 6) is 0.562. The Morgan fingerprint density at radius 2 is 1.94 bits per heavy atom. The molecule has 0 radical (unpaired) electrons. The smallest absolute Gasteiger partial charge is 0.308 e. The molecular weight excluding hydrogens is 415 g/mol. The molecule has 0 aromatic rings. The number of rotatable bonds is 12. The average molecular weight is 457 g/mol. The first-order valence-corrected chi connectivity index (χ1v) is 12.3. The van der Waals surface area contributed by atoms with Crippen LogP contribution in [0.1, 0.15) is 85.5 Å². The maximum atomic E-state index is 14.1. The summed E-state index contributed by atoms with van der Waals surface area (Å²) >= 11 is 0. The zero-order valence-electron chi connectivity index (χ0n) is 20.0. The van der Waals surface area contributed by atoms with Crippen LogP contribution in [0.25, 0.3) is 0 Å². The lowest BCUT2D eigenvalue weighted by Crippen LogP contribution is -2.47. The second kappa shape index (κ2) is 12.5. The van der Waals surface area contributed by atoms with E-state index in [-0.39, 0.29) is 30.3 Å². The second-order valence-electron chi connectivity index (χ2n) is 10.3. The molecule has 0 spiro atoms. The number of hydrogen-bond acceptors (Lipinski definition) is 5. The molecule has 0 heterocycles. The topological polar surface area (TPSA) is 89.9 Å². The van der Waals surface area contributed by atoms with Crippen LogP contribution < -0.4 is 0 Å². The first kappa shape index (κ1) is 26.6. The van der Waals surface area contributed by atoms with Crippen molar-refractivity contribution in [3.05, 3.63) is 0 Å². The molecule has 2 rings (SSSR count). The highest BCUT2D eigenvalue weighted by atomic mass is 19.1. The Labute approximate surface area is 191 Å². The van der Waals surface area contributed by atoms with Crippen molar-refractivity contribution in [1.82, 2.24) is 0 Å². The lowest BCUT2D eigenvalue weighted by molar-refractivity contribution is -0.167. The molecular formula is C25H41FO6. The van der Waals surface area contributed by atoms with Crippen molar-refractivity contribution >= 4 is 18.4 Å². The fourth-order valence-corrected chi connectivity index (χ4v) is 5.93. The van der Waals surface area contributed by atoms with Crippen LogP contribution in [-0.4, -0.2) is 41.9 Å². The van der Waals surface area contributed by atoms with E-state index in [0.717, 1.165) is 38.5 Å². The molecule has 0 aromatic heterocycles. The number of carbonyl (C=O) groups is 3. The van der Waals surface area contributed by atoms with Gasteiger partial charge < -0.3 is 14.6 Å². The normalized spacial score (nSPS) is 32.8. The van der Waals surface area contributed by atoms with Crippen molar-refractivity contribution in [3.63, 3.8) is 0 Å². The van der Waals surface area contributed by atoms with Gasteiger partial charge in [-0.25, -0.2) is 4.39 Å². The van der Waals surface area contributed by atoms with Crippen molar-refractivity contribution < 1.29 is 33.4 Å². The van der Waals surface area contributed by atoms with Gasteiger partial charge in [0.15, 0.2) is 0 Å².